The third-order valence-electron chi connectivity index (χ3n) is 7.58. The Labute approximate surface area is 207 Å². The first-order valence-corrected chi connectivity index (χ1v) is 14.1. The van der Waals surface area contributed by atoms with Crippen molar-refractivity contribution in [3.8, 4) is 11.1 Å². The van der Waals surface area contributed by atoms with Crippen LogP contribution in [-0.2, 0) is 10.8 Å². The van der Waals surface area contributed by atoms with E-state index >= 15 is 0 Å². The molecule has 0 amide bonds. The first kappa shape index (κ1) is 23.0. The van der Waals surface area contributed by atoms with Gasteiger partial charge in [0.15, 0.2) is 0 Å². The summed E-state index contributed by atoms with van der Waals surface area (Å²) in [5.74, 6) is 0. The molecule has 0 bridgehead atoms. The monoisotopic (exact) mass is 464 g/mol. The highest BCUT2D eigenvalue weighted by Gasteiger charge is 2.45. The first-order chi connectivity index (χ1) is 16.2. The molecule has 0 unspecified atom stereocenters. The standard InChI is InChI=1S/C33H36S/c1-7-33(5,6)27-19-11-15-23-31(27)34(30-22-14-10-18-26(30)32(2,3)4)28-20-12-8-16-24(28)25-17-9-13-21-29(25)34/h8-23H,7H2,1-6H3. The molecule has 4 aromatic carbocycles. The number of rotatable bonds is 4. The Morgan fingerprint density at radius 2 is 0.882 bits per heavy atom. The molecule has 0 saturated carbocycles. The highest BCUT2D eigenvalue weighted by atomic mass is 32.3. The van der Waals surface area contributed by atoms with Crippen LogP contribution in [0.25, 0.3) is 11.1 Å². The molecule has 0 fully saturated rings. The maximum atomic E-state index is 2.43. The van der Waals surface area contributed by atoms with Crippen LogP contribution in [0.15, 0.2) is 117 Å². The Morgan fingerprint density at radius 3 is 1.35 bits per heavy atom. The van der Waals surface area contributed by atoms with Crippen LogP contribution < -0.4 is 0 Å². The fourth-order valence-corrected chi connectivity index (χ4v) is 10.4. The van der Waals surface area contributed by atoms with Gasteiger partial charge in [-0.15, -0.1) is 10.0 Å². The van der Waals surface area contributed by atoms with Crippen molar-refractivity contribution in [3.63, 3.8) is 0 Å². The molecular weight excluding hydrogens is 428 g/mol. The van der Waals surface area contributed by atoms with Crippen LogP contribution in [0.3, 0.4) is 0 Å². The van der Waals surface area contributed by atoms with Crippen LogP contribution >= 0.6 is 10.0 Å². The lowest BCUT2D eigenvalue weighted by Gasteiger charge is -2.45. The second-order valence-corrected chi connectivity index (χ2v) is 14.1. The van der Waals surface area contributed by atoms with Crippen LogP contribution in [0.1, 0.15) is 59.1 Å². The predicted molar refractivity (Wildman–Crippen MR) is 147 cm³/mol. The fourth-order valence-electron chi connectivity index (χ4n) is 5.46. The molecule has 4 aromatic rings. The summed E-state index contributed by atoms with van der Waals surface area (Å²) in [6, 6.07) is 36.9. The zero-order chi connectivity index (χ0) is 24.1. The van der Waals surface area contributed by atoms with E-state index in [1.54, 1.807) is 0 Å². The van der Waals surface area contributed by atoms with E-state index in [4.69, 9.17) is 0 Å². The second-order valence-electron chi connectivity index (χ2n) is 11.1. The number of benzene rings is 4. The molecule has 5 rings (SSSR count). The summed E-state index contributed by atoms with van der Waals surface area (Å²) in [6.45, 7) is 14.2. The molecule has 0 atom stereocenters. The minimum Gasteiger partial charge on any atom is -0.131 e. The molecule has 174 valence electrons. The predicted octanol–water partition coefficient (Wildman–Crippen LogP) is 9.99. The smallest absolute Gasteiger partial charge is 0.0102 e. The minimum atomic E-state index is -1.67. The van der Waals surface area contributed by atoms with Gasteiger partial charge in [-0.05, 0) is 63.8 Å². The zero-order valence-corrected chi connectivity index (χ0v) is 22.2. The Kier molecular flexibility index (Phi) is 5.52. The highest BCUT2D eigenvalue weighted by Crippen LogP contribution is 2.81. The minimum absolute atomic E-state index is 0.0400. The van der Waals surface area contributed by atoms with E-state index in [0.29, 0.717) is 0 Å². The van der Waals surface area contributed by atoms with Crippen LogP contribution in [-0.4, -0.2) is 0 Å². The van der Waals surface area contributed by atoms with Gasteiger partial charge in [-0.3, -0.25) is 0 Å². The molecular formula is C33H36S. The number of fused-ring (bicyclic) bond motifs is 3. The Hall–Kier alpha value is -2.77. The molecule has 0 N–H and O–H groups in total. The summed E-state index contributed by atoms with van der Waals surface area (Å²) >= 11 is 0. The van der Waals surface area contributed by atoms with Crippen molar-refractivity contribution in [1.29, 1.82) is 0 Å². The van der Waals surface area contributed by atoms with Gasteiger partial charge in [-0.1, -0.05) is 114 Å². The van der Waals surface area contributed by atoms with Gasteiger partial charge in [0.25, 0.3) is 0 Å². The summed E-state index contributed by atoms with van der Waals surface area (Å²) in [7, 11) is -1.67. The fraction of sp³-hybridized carbons (Fsp3) is 0.273. The van der Waals surface area contributed by atoms with Crippen molar-refractivity contribution in [2.24, 2.45) is 0 Å². The van der Waals surface area contributed by atoms with Crippen molar-refractivity contribution in [1.82, 2.24) is 0 Å². The summed E-state index contributed by atoms with van der Waals surface area (Å²) in [5.41, 5.74) is 5.82. The summed E-state index contributed by atoms with van der Waals surface area (Å²) in [4.78, 5) is 5.94. The molecule has 0 nitrogen and oxygen atoms in total. The maximum Gasteiger partial charge on any atom is 0.0102 e. The van der Waals surface area contributed by atoms with Crippen molar-refractivity contribution in [2.45, 2.75) is 78.4 Å². The van der Waals surface area contributed by atoms with E-state index in [0.717, 1.165) is 6.42 Å². The molecule has 1 heterocycles. The zero-order valence-electron chi connectivity index (χ0n) is 21.4. The molecule has 0 radical (unpaired) electrons. The lowest BCUT2D eigenvalue weighted by Crippen LogP contribution is -2.21. The average Bonchev–Trinajstić information content (AvgIpc) is 3.15. The van der Waals surface area contributed by atoms with Crippen LogP contribution in [0, 0.1) is 0 Å². The van der Waals surface area contributed by atoms with Crippen LogP contribution in [0.4, 0.5) is 0 Å². The van der Waals surface area contributed by atoms with E-state index in [-0.39, 0.29) is 10.8 Å². The van der Waals surface area contributed by atoms with Crippen molar-refractivity contribution >= 4 is 10.0 Å². The van der Waals surface area contributed by atoms with E-state index in [1.807, 2.05) is 0 Å². The van der Waals surface area contributed by atoms with Gasteiger partial charge in [0.05, 0.1) is 0 Å². The summed E-state index contributed by atoms with van der Waals surface area (Å²) in [5, 5.41) is 0. The topological polar surface area (TPSA) is 0 Å². The molecule has 0 saturated heterocycles. The molecule has 0 aliphatic carbocycles. The Morgan fingerprint density at radius 1 is 0.500 bits per heavy atom. The van der Waals surface area contributed by atoms with Gasteiger partial charge in [-0.2, -0.15) is 0 Å². The van der Waals surface area contributed by atoms with Gasteiger partial charge < -0.3 is 0 Å². The van der Waals surface area contributed by atoms with E-state index in [1.165, 1.54) is 41.8 Å². The van der Waals surface area contributed by atoms with Crippen LogP contribution in [0.5, 0.6) is 0 Å². The van der Waals surface area contributed by atoms with Gasteiger partial charge in [-0.25, -0.2) is 0 Å². The lowest BCUT2D eigenvalue weighted by atomic mass is 9.82. The van der Waals surface area contributed by atoms with Crippen molar-refractivity contribution in [3.05, 3.63) is 108 Å². The molecule has 0 aromatic heterocycles. The van der Waals surface area contributed by atoms with E-state index in [9.17, 15) is 0 Å². The van der Waals surface area contributed by atoms with Crippen LogP contribution in [0.2, 0.25) is 0 Å². The van der Waals surface area contributed by atoms with Crippen molar-refractivity contribution < 1.29 is 0 Å². The molecule has 34 heavy (non-hydrogen) atoms. The highest BCUT2D eigenvalue weighted by molar-refractivity contribution is 8.34. The van der Waals surface area contributed by atoms with Gasteiger partial charge in [0.1, 0.15) is 0 Å². The van der Waals surface area contributed by atoms with Gasteiger partial charge in [0.2, 0.25) is 0 Å². The van der Waals surface area contributed by atoms with Gasteiger partial charge >= 0.3 is 0 Å². The normalized spacial score (nSPS) is 15.5. The third kappa shape index (κ3) is 3.28. The largest absolute Gasteiger partial charge is 0.131 e. The summed E-state index contributed by atoms with van der Waals surface area (Å²) in [6.07, 6.45) is 1.10. The molecule has 1 aliphatic heterocycles. The third-order valence-corrected chi connectivity index (χ3v) is 11.6. The SMILES string of the molecule is CCC(C)(C)c1ccccc1S1(c2ccccc2C(C)(C)C)c2ccccc2-c2ccccc21. The molecule has 1 aliphatic rings. The van der Waals surface area contributed by atoms with Gasteiger partial charge in [0, 0.05) is 19.6 Å². The molecule has 0 spiro atoms. The maximum absolute atomic E-state index is 2.43. The van der Waals surface area contributed by atoms with Crippen molar-refractivity contribution in [2.75, 3.05) is 0 Å². The Balaban J connectivity index is 2.03. The quantitative estimate of drug-likeness (QED) is 0.248. The molecule has 1 heteroatoms. The van der Waals surface area contributed by atoms with E-state index in [2.05, 4.69) is 139 Å². The number of hydrogen-bond donors (Lipinski definition) is 0. The first-order valence-electron chi connectivity index (χ1n) is 12.4. The number of hydrogen-bond acceptors (Lipinski definition) is 0. The average molecular weight is 465 g/mol. The lowest BCUT2D eigenvalue weighted by molar-refractivity contribution is 0.496. The summed E-state index contributed by atoms with van der Waals surface area (Å²) < 4.78 is 0. The Bertz CT molecular complexity index is 1310. The van der Waals surface area contributed by atoms with E-state index < -0.39 is 10.0 Å². The second kappa shape index (κ2) is 8.17.